The summed E-state index contributed by atoms with van der Waals surface area (Å²) in [5.41, 5.74) is 6.50. The summed E-state index contributed by atoms with van der Waals surface area (Å²) in [5, 5.41) is 4.68. The summed E-state index contributed by atoms with van der Waals surface area (Å²) in [6, 6.07) is 16.2. The number of para-hydroxylation sites is 1. The first-order chi connectivity index (χ1) is 15.1. The zero-order valence-corrected chi connectivity index (χ0v) is 20.9. The van der Waals surface area contributed by atoms with Crippen LogP contribution < -0.4 is 9.73 Å². The molecule has 0 aliphatic heterocycles. The molecule has 168 valence electrons. The first kappa shape index (κ1) is 24.0. The molecule has 0 spiro atoms. The van der Waals surface area contributed by atoms with Crippen molar-refractivity contribution in [3.05, 3.63) is 81.0 Å². The predicted octanol–water partition coefficient (Wildman–Crippen LogP) is 4.43. The quantitative estimate of drug-likeness (QED) is 0.358. The van der Waals surface area contributed by atoms with Gasteiger partial charge in [-0.2, -0.15) is 5.10 Å². The zero-order valence-electron chi connectivity index (χ0n) is 17.7. The molecule has 3 aromatic rings. The number of hydrazone groups is 1. The fourth-order valence-corrected chi connectivity index (χ4v) is 4.89. The highest BCUT2D eigenvalue weighted by Crippen LogP contribution is 2.27. The Balaban J connectivity index is 1.74. The van der Waals surface area contributed by atoms with Gasteiger partial charge in [0.2, 0.25) is 10.0 Å². The first-order valence-electron chi connectivity index (χ1n) is 9.57. The van der Waals surface area contributed by atoms with Gasteiger partial charge in [-0.1, -0.05) is 23.7 Å². The topological polar surface area (TPSA) is 83.8 Å². The molecule has 0 saturated carbocycles. The van der Waals surface area contributed by atoms with Gasteiger partial charge in [-0.15, -0.1) is 0 Å². The summed E-state index contributed by atoms with van der Waals surface area (Å²) in [6.07, 6.45) is 2.59. The van der Waals surface area contributed by atoms with Crippen LogP contribution in [-0.4, -0.2) is 37.9 Å². The van der Waals surface area contributed by atoms with E-state index in [1.807, 2.05) is 44.2 Å². The van der Waals surface area contributed by atoms with Crippen molar-refractivity contribution >= 4 is 55.4 Å². The highest BCUT2D eigenvalue weighted by molar-refractivity contribution is 9.10. The number of benzene rings is 2. The highest BCUT2D eigenvalue weighted by atomic mass is 79.9. The number of sulfonamides is 1. The second-order valence-electron chi connectivity index (χ2n) is 7.15. The van der Waals surface area contributed by atoms with Crippen LogP contribution in [0, 0.1) is 13.8 Å². The maximum Gasteiger partial charge on any atom is 0.260 e. The fraction of sp³-hybridized carbons (Fsp3) is 0.182. The lowest BCUT2D eigenvalue weighted by Crippen LogP contribution is -2.39. The third-order valence-electron chi connectivity index (χ3n) is 4.76. The van der Waals surface area contributed by atoms with E-state index in [2.05, 4.69) is 31.0 Å². The largest absolute Gasteiger partial charge is 0.318 e. The van der Waals surface area contributed by atoms with Crippen LogP contribution >= 0.6 is 27.5 Å². The molecule has 1 heterocycles. The monoisotopic (exact) mass is 536 g/mol. The second-order valence-corrected chi connectivity index (χ2v) is 10.4. The summed E-state index contributed by atoms with van der Waals surface area (Å²) in [6.45, 7) is 3.52. The molecule has 0 unspecified atom stereocenters. The van der Waals surface area contributed by atoms with Crippen LogP contribution in [0.4, 0.5) is 5.69 Å². The third-order valence-corrected chi connectivity index (χ3v) is 6.81. The van der Waals surface area contributed by atoms with Crippen molar-refractivity contribution in [1.82, 2.24) is 9.99 Å². The Morgan fingerprint density at radius 3 is 2.47 bits per heavy atom. The zero-order chi connectivity index (χ0) is 23.5. The summed E-state index contributed by atoms with van der Waals surface area (Å²) in [4.78, 5) is 12.4. The Hall–Kier alpha value is -2.62. The molecule has 2 aromatic carbocycles. The van der Waals surface area contributed by atoms with Crippen molar-refractivity contribution < 1.29 is 13.2 Å². The molecule has 0 atom stereocenters. The number of aryl methyl sites for hydroxylation is 1. The minimum atomic E-state index is -3.68. The highest BCUT2D eigenvalue weighted by Gasteiger charge is 2.22. The second kappa shape index (κ2) is 9.89. The Morgan fingerprint density at radius 2 is 1.84 bits per heavy atom. The van der Waals surface area contributed by atoms with E-state index in [4.69, 9.17) is 11.6 Å². The number of nitrogens with one attached hydrogen (secondary N) is 1. The van der Waals surface area contributed by atoms with Gasteiger partial charge in [-0.3, -0.25) is 9.10 Å². The molecule has 0 bridgehead atoms. The number of rotatable bonds is 7. The normalized spacial score (nSPS) is 11.7. The predicted molar refractivity (Wildman–Crippen MR) is 132 cm³/mol. The van der Waals surface area contributed by atoms with Crippen molar-refractivity contribution in [3.8, 4) is 5.69 Å². The number of nitrogens with zero attached hydrogens (tertiary/aromatic N) is 3. The van der Waals surface area contributed by atoms with Crippen LogP contribution in [0.25, 0.3) is 5.69 Å². The molecule has 10 heteroatoms. The summed E-state index contributed by atoms with van der Waals surface area (Å²) in [5.74, 6) is -0.561. The van der Waals surface area contributed by atoms with Crippen molar-refractivity contribution in [2.75, 3.05) is 17.1 Å². The number of hydrogen-bond acceptors (Lipinski definition) is 4. The molecule has 1 amide bonds. The molecule has 0 saturated heterocycles. The van der Waals surface area contributed by atoms with Gasteiger partial charge in [-0.25, -0.2) is 13.8 Å². The van der Waals surface area contributed by atoms with Crippen molar-refractivity contribution in [1.29, 1.82) is 0 Å². The van der Waals surface area contributed by atoms with Gasteiger partial charge in [0.05, 0.1) is 18.2 Å². The van der Waals surface area contributed by atoms with E-state index in [0.717, 1.165) is 33.2 Å². The smallest absolute Gasteiger partial charge is 0.260 e. The number of carbonyl (C=O) groups excluding carboxylic acids is 1. The van der Waals surface area contributed by atoms with E-state index >= 15 is 0 Å². The van der Waals surface area contributed by atoms with Crippen molar-refractivity contribution in [3.63, 3.8) is 0 Å². The lowest BCUT2D eigenvalue weighted by atomic mass is 10.2. The summed E-state index contributed by atoms with van der Waals surface area (Å²) in [7, 11) is -3.68. The number of halogens is 2. The van der Waals surface area contributed by atoms with E-state index in [1.54, 1.807) is 24.3 Å². The minimum Gasteiger partial charge on any atom is -0.318 e. The van der Waals surface area contributed by atoms with Gasteiger partial charge >= 0.3 is 0 Å². The molecule has 0 fully saturated rings. The maximum atomic E-state index is 12.4. The van der Waals surface area contributed by atoms with Crippen LogP contribution in [0.15, 0.2) is 64.2 Å². The van der Waals surface area contributed by atoms with Crippen LogP contribution in [0.3, 0.4) is 0 Å². The average Bonchev–Trinajstić information content (AvgIpc) is 3.00. The first-order valence-corrected chi connectivity index (χ1v) is 12.6. The molecule has 7 nitrogen and oxygen atoms in total. The van der Waals surface area contributed by atoms with Crippen LogP contribution in [0.5, 0.6) is 0 Å². The van der Waals surface area contributed by atoms with Gasteiger partial charge in [0.15, 0.2) is 0 Å². The van der Waals surface area contributed by atoms with Gasteiger partial charge < -0.3 is 4.57 Å². The fourth-order valence-electron chi connectivity index (χ4n) is 3.28. The van der Waals surface area contributed by atoms with Crippen molar-refractivity contribution in [2.45, 2.75) is 13.8 Å². The number of amides is 1. The SMILES string of the molecule is Cc1cc(/C=N\NC(=O)CN(c2ccccc2Br)S(C)(=O)=O)c(C)n1-c1ccc(Cl)cc1. The van der Waals surface area contributed by atoms with Crippen LogP contribution in [0.1, 0.15) is 17.0 Å². The van der Waals surface area contributed by atoms with Crippen molar-refractivity contribution in [2.24, 2.45) is 5.10 Å². The third kappa shape index (κ3) is 5.59. The molecule has 32 heavy (non-hydrogen) atoms. The number of hydrogen-bond donors (Lipinski definition) is 1. The van der Waals surface area contributed by atoms with Crippen LogP contribution in [-0.2, 0) is 14.8 Å². The summed E-state index contributed by atoms with van der Waals surface area (Å²) < 4.78 is 28.1. The number of carbonyl (C=O) groups is 1. The van der Waals surface area contributed by atoms with Gasteiger partial charge in [0.1, 0.15) is 6.54 Å². The molecule has 0 radical (unpaired) electrons. The molecule has 3 rings (SSSR count). The number of aromatic nitrogens is 1. The Bertz CT molecular complexity index is 1270. The summed E-state index contributed by atoms with van der Waals surface area (Å²) >= 11 is 9.31. The van der Waals surface area contributed by atoms with E-state index in [0.29, 0.717) is 15.2 Å². The van der Waals surface area contributed by atoms with Crippen LogP contribution in [0.2, 0.25) is 5.02 Å². The van der Waals surface area contributed by atoms with Gasteiger partial charge in [0.25, 0.3) is 5.91 Å². The Labute approximate surface area is 200 Å². The molecular formula is C22H22BrClN4O3S. The maximum absolute atomic E-state index is 12.4. The molecule has 1 aromatic heterocycles. The molecule has 0 aliphatic carbocycles. The Kier molecular flexibility index (Phi) is 7.43. The van der Waals surface area contributed by atoms with E-state index in [1.165, 1.54) is 6.21 Å². The van der Waals surface area contributed by atoms with Gasteiger partial charge in [-0.05, 0) is 72.2 Å². The average molecular weight is 538 g/mol. The van der Waals surface area contributed by atoms with Gasteiger partial charge in [0, 0.05) is 32.1 Å². The van der Waals surface area contributed by atoms with E-state index in [9.17, 15) is 13.2 Å². The lowest BCUT2D eigenvalue weighted by Gasteiger charge is -2.22. The van der Waals surface area contributed by atoms with E-state index < -0.39 is 22.5 Å². The van der Waals surface area contributed by atoms with E-state index in [-0.39, 0.29) is 0 Å². The Morgan fingerprint density at radius 1 is 1.19 bits per heavy atom. The molecule has 0 aliphatic rings. The minimum absolute atomic E-state index is 0.376. The number of anilines is 1. The lowest BCUT2D eigenvalue weighted by molar-refractivity contribution is -0.119. The standard InChI is InChI=1S/C22H22BrClN4O3S/c1-15-12-17(16(2)28(15)19-10-8-18(24)9-11-19)13-25-26-22(29)14-27(32(3,30)31)21-7-5-4-6-20(21)23/h4-13H,14H2,1-3H3,(H,26,29)/b25-13-. The molecule has 1 N–H and O–H groups in total. The molecular weight excluding hydrogens is 516 g/mol.